The SMILES string of the molecule is CC(C)N1CC2C3CCC(S3)C2C1=O. The van der Waals surface area contributed by atoms with Gasteiger partial charge in [0.05, 0.1) is 5.92 Å². The molecule has 0 N–H and O–H groups in total. The summed E-state index contributed by atoms with van der Waals surface area (Å²) in [5.74, 6) is 1.53. The second-order valence-corrected chi connectivity index (χ2v) is 6.55. The Labute approximate surface area is 89.4 Å². The predicted octanol–water partition coefficient (Wildman–Crippen LogP) is 1.75. The number of fused-ring (bicyclic) bond motifs is 5. The molecule has 1 amide bonds. The van der Waals surface area contributed by atoms with E-state index in [1.165, 1.54) is 12.8 Å². The fourth-order valence-electron chi connectivity index (χ4n) is 3.32. The number of likely N-dealkylation sites (tertiary alicyclic amines) is 1. The monoisotopic (exact) mass is 211 g/mol. The van der Waals surface area contributed by atoms with Crippen LogP contribution in [0.5, 0.6) is 0 Å². The molecule has 3 aliphatic heterocycles. The summed E-state index contributed by atoms with van der Waals surface area (Å²) >= 11 is 2.09. The lowest BCUT2D eigenvalue weighted by molar-refractivity contribution is -0.132. The lowest BCUT2D eigenvalue weighted by Crippen LogP contribution is -2.35. The van der Waals surface area contributed by atoms with Crippen LogP contribution in [0.2, 0.25) is 0 Å². The van der Waals surface area contributed by atoms with E-state index in [9.17, 15) is 4.79 Å². The zero-order valence-electron chi connectivity index (χ0n) is 8.77. The molecular weight excluding hydrogens is 194 g/mol. The standard InChI is InChI=1S/C11H17NOS/c1-6(2)12-5-7-8-3-4-9(14-8)10(7)11(12)13/h6-10H,3-5H2,1-2H3. The molecule has 0 radical (unpaired) electrons. The fraction of sp³-hybridized carbons (Fsp3) is 0.909. The molecule has 3 fully saturated rings. The van der Waals surface area contributed by atoms with Crippen LogP contribution in [0.25, 0.3) is 0 Å². The molecule has 2 bridgehead atoms. The van der Waals surface area contributed by atoms with Gasteiger partial charge < -0.3 is 4.90 Å². The smallest absolute Gasteiger partial charge is 0.227 e. The van der Waals surface area contributed by atoms with Crippen molar-refractivity contribution in [2.24, 2.45) is 11.8 Å². The van der Waals surface area contributed by atoms with Crippen molar-refractivity contribution in [3.05, 3.63) is 0 Å². The minimum atomic E-state index is 0.390. The van der Waals surface area contributed by atoms with Crippen molar-refractivity contribution in [3.63, 3.8) is 0 Å². The molecule has 14 heavy (non-hydrogen) atoms. The maximum Gasteiger partial charge on any atom is 0.227 e. The van der Waals surface area contributed by atoms with E-state index in [1.54, 1.807) is 0 Å². The van der Waals surface area contributed by atoms with E-state index in [0.29, 0.717) is 29.0 Å². The third-order valence-corrected chi connectivity index (χ3v) is 5.84. The lowest BCUT2D eigenvalue weighted by atomic mass is 9.81. The molecule has 0 aromatic rings. The Bertz CT molecular complexity index is 278. The van der Waals surface area contributed by atoms with Gasteiger partial charge in [0, 0.05) is 29.0 Å². The van der Waals surface area contributed by atoms with Crippen LogP contribution in [0.1, 0.15) is 26.7 Å². The number of carbonyl (C=O) groups excluding carboxylic acids is 1. The van der Waals surface area contributed by atoms with E-state index in [1.807, 2.05) is 0 Å². The minimum absolute atomic E-state index is 0.390. The van der Waals surface area contributed by atoms with Crippen LogP contribution in [-0.2, 0) is 4.79 Å². The van der Waals surface area contributed by atoms with Crippen LogP contribution in [0.4, 0.5) is 0 Å². The molecule has 4 atom stereocenters. The van der Waals surface area contributed by atoms with Crippen LogP contribution in [-0.4, -0.2) is 33.9 Å². The molecule has 0 aromatic carbocycles. The van der Waals surface area contributed by atoms with E-state index < -0.39 is 0 Å². The third kappa shape index (κ3) is 1.02. The first-order chi connectivity index (χ1) is 6.68. The third-order valence-electron chi connectivity index (χ3n) is 4.02. The van der Waals surface area contributed by atoms with Crippen LogP contribution in [0, 0.1) is 11.8 Å². The molecule has 4 unspecified atom stereocenters. The van der Waals surface area contributed by atoms with Crippen LogP contribution in [0.3, 0.4) is 0 Å². The molecule has 3 rings (SSSR count). The van der Waals surface area contributed by atoms with E-state index >= 15 is 0 Å². The van der Waals surface area contributed by atoms with Gasteiger partial charge in [-0.15, -0.1) is 0 Å². The average Bonchev–Trinajstić information content (AvgIpc) is 2.75. The number of thioether (sulfide) groups is 1. The Kier molecular flexibility index (Phi) is 1.88. The first-order valence-corrected chi connectivity index (χ1v) is 6.58. The number of hydrogen-bond donors (Lipinski definition) is 0. The molecule has 78 valence electrons. The molecule has 3 heterocycles. The zero-order valence-corrected chi connectivity index (χ0v) is 9.59. The van der Waals surface area contributed by atoms with Crippen molar-refractivity contribution >= 4 is 17.7 Å². The fourth-order valence-corrected chi connectivity index (χ4v) is 5.26. The molecule has 0 aliphatic carbocycles. The Balaban J connectivity index is 1.86. The lowest BCUT2D eigenvalue weighted by Gasteiger charge is -2.22. The minimum Gasteiger partial charge on any atom is -0.340 e. The summed E-state index contributed by atoms with van der Waals surface area (Å²) in [7, 11) is 0. The summed E-state index contributed by atoms with van der Waals surface area (Å²) in [6, 6.07) is 0.400. The molecule has 3 saturated heterocycles. The Morgan fingerprint density at radius 2 is 2.07 bits per heavy atom. The van der Waals surface area contributed by atoms with Gasteiger partial charge in [-0.05, 0) is 26.7 Å². The second-order valence-electron chi connectivity index (χ2n) is 5.06. The highest BCUT2D eigenvalue weighted by atomic mass is 32.2. The Morgan fingerprint density at radius 1 is 1.36 bits per heavy atom. The van der Waals surface area contributed by atoms with E-state index in [0.717, 1.165) is 11.8 Å². The van der Waals surface area contributed by atoms with Gasteiger partial charge in [0.15, 0.2) is 0 Å². The van der Waals surface area contributed by atoms with Gasteiger partial charge >= 0.3 is 0 Å². The van der Waals surface area contributed by atoms with Crippen molar-refractivity contribution in [2.45, 2.75) is 43.2 Å². The molecule has 0 aromatic heterocycles. The van der Waals surface area contributed by atoms with E-state index in [4.69, 9.17) is 0 Å². The summed E-state index contributed by atoms with van der Waals surface area (Å²) in [5.41, 5.74) is 0. The number of amides is 1. The number of hydrogen-bond acceptors (Lipinski definition) is 2. The predicted molar refractivity (Wildman–Crippen MR) is 58.2 cm³/mol. The van der Waals surface area contributed by atoms with Gasteiger partial charge in [-0.1, -0.05) is 0 Å². The first kappa shape index (κ1) is 9.08. The van der Waals surface area contributed by atoms with Crippen LogP contribution in [0.15, 0.2) is 0 Å². The van der Waals surface area contributed by atoms with Crippen molar-refractivity contribution in [1.82, 2.24) is 4.90 Å². The van der Waals surface area contributed by atoms with Crippen LogP contribution >= 0.6 is 11.8 Å². The van der Waals surface area contributed by atoms with E-state index in [2.05, 4.69) is 30.5 Å². The van der Waals surface area contributed by atoms with Crippen LogP contribution < -0.4 is 0 Å². The highest BCUT2D eigenvalue weighted by molar-refractivity contribution is 8.01. The maximum absolute atomic E-state index is 12.1. The number of rotatable bonds is 1. The summed E-state index contributed by atoms with van der Waals surface area (Å²) < 4.78 is 0. The maximum atomic E-state index is 12.1. The number of carbonyl (C=O) groups is 1. The summed E-state index contributed by atoms with van der Waals surface area (Å²) in [6.45, 7) is 5.30. The van der Waals surface area contributed by atoms with Gasteiger partial charge in [0.1, 0.15) is 0 Å². The molecular formula is C11H17NOS. The Morgan fingerprint density at radius 3 is 2.71 bits per heavy atom. The Hall–Kier alpha value is -0.180. The molecule has 0 spiro atoms. The second kappa shape index (κ2) is 2.91. The molecule has 3 heteroatoms. The van der Waals surface area contributed by atoms with Crippen molar-refractivity contribution in [1.29, 1.82) is 0 Å². The van der Waals surface area contributed by atoms with Crippen molar-refractivity contribution in [2.75, 3.05) is 6.54 Å². The van der Waals surface area contributed by atoms with Gasteiger partial charge in [-0.2, -0.15) is 11.8 Å². The average molecular weight is 211 g/mol. The summed E-state index contributed by atoms with van der Waals surface area (Å²) in [6.07, 6.45) is 2.64. The number of nitrogens with zero attached hydrogens (tertiary/aromatic N) is 1. The van der Waals surface area contributed by atoms with Gasteiger partial charge in [0.25, 0.3) is 0 Å². The molecule has 0 saturated carbocycles. The van der Waals surface area contributed by atoms with Crippen molar-refractivity contribution < 1.29 is 4.79 Å². The summed E-state index contributed by atoms with van der Waals surface area (Å²) in [4.78, 5) is 14.2. The summed E-state index contributed by atoms with van der Waals surface area (Å²) in [5, 5.41) is 1.47. The van der Waals surface area contributed by atoms with Gasteiger partial charge in [-0.25, -0.2) is 0 Å². The highest BCUT2D eigenvalue weighted by Gasteiger charge is 2.57. The topological polar surface area (TPSA) is 20.3 Å². The van der Waals surface area contributed by atoms with E-state index in [-0.39, 0.29) is 0 Å². The van der Waals surface area contributed by atoms with Gasteiger partial charge in [-0.3, -0.25) is 4.79 Å². The molecule has 3 aliphatic rings. The van der Waals surface area contributed by atoms with Crippen molar-refractivity contribution in [3.8, 4) is 0 Å². The quantitative estimate of drug-likeness (QED) is 0.658. The normalized spacial score (nSPS) is 45.4. The largest absolute Gasteiger partial charge is 0.340 e. The highest BCUT2D eigenvalue weighted by Crippen LogP contribution is 2.56. The zero-order chi connectivity index (χ0) is 9.87. The molecule has 2 nitrogen and oxygen atoms in total. The first-order valence-electron chi connectivity index (χ1n) is 5.64. The van der Waals surface area contributed by atoms with Gasteiger partial charge in [0.2, 0.25) is 5.91 Å².